The molecule has 2 nitrogen and oxygen atoms in total. The summed E-state index contributed by atoms with van der Waals surface area (Å²) in [6.07, 6.45) is 29.4. The second-order valence-corrected chi connectivity index (χ2v) is 13.5. The molecule has 3 atom stereocenters. The molecule has 232 valence electrons. The van der Waals surface area contributed by atoms with Gasteiger partial charge in [-0.2, -0.15) is 0 Å². The average molecular weight is 560 g/mol. The topological polar surface area (TPSA) is 20.2 Å². The van der Waals surface area contributed by atoms with E-state index in [1.807, 2.05) is 0 Å². The lowest BCUT2D eigenvalue weighted by Gasteiger charge is -2.35. The van der Waals surface area contributed by atoms with E-state index in [1.165, 1.54) is 153 Å². The van der Waals surface area contributed by atoms with Gasteiger partial charge in [0.25, 0.3) is 0 Å². The molecule has 0 aromatic carbocycles. The van der Waals surface area contributed by atoms with E-state index in [4.69, 9.17) is 0 Å². The van der Waals surface area contributed by atoms with Crippen molar-refractivity contribution in [2.75, 3.05) is 26.7 Å². The van der Waals surface area contributed by atoms with Crippen LogP contribution in [0.15, 0.2) is 0 Å². The van der Waals surface area contributed by atoms with Gasteiger partial charge in [0.15, 0.2) is 0 Å². The fourth-order valence-electron chi connectivity index (χ4n) is 6.31. The molecule has 38 heavy (non-hydrogen) atoms. The Labute approximate surface area is 248 Å². The van der Waals surface area contributed by atoms with Crippen LogP contribution < -0.4 is 12.4 Å². The zero-order valence-electron chi connectivity index (χ0n) is 27.6. The SMILES string of the molecule is CC(C)[C@@H]1CC[C@@H](C)C[C@H]1O.CCCCCCCC[N+](C)(CCCCCCCC)CCCCCCCC.[Cl-]. The molecule has 0 saturated heterocycles. The molecule has 1 fully saturated rings. The van der Waals surface area contributed by atoms with Crippen molar-refractivity contribution in [3.05, 3.63) is 0 Å². The summed E-state index contributed by atoms with van der Waals surface area (Å²) in [5, 5.41) is 9.71. The number of aliphatic hydroxyl groups is 1. The van der Waals surface area contributed by atoms with E-state index < -0.39 is 0 Å². The van der Waals surface area contributed by atoms with Gasteiger partial charge in [0, 0.05) is 0 Å². The van der Waals surface area contributed by atoms with E-state index in [9.17, 15) is 5.11 Å². The van der Waals surface area contributed by atoms with Crippen molar-refractivity contribution in [3.63, 3.8) is 0 Å². The number of aliphatic hydroxyl groups excluding tert-OH is 1. The van der Waals surface area contributed by atoms with Crippen LogP contribution in [0.2, 0.25) is 0 Å². The van der Waals surface area contributed by atoms with Crippen LogP contribution >= 0.6 is 0 Å². The number of hydrogen-bond donors (Lipinski definition) is 1. The third kappa shape index (κ3) is 23.0. The highest BCUT2D eigenvalue weighted by molar-refractivity contribution is 4.79. The van der Waals surface area contributed by atoms with Gasteiger partial charge in [-0.3, -0.25) is 0 Å². The van der Waals surface area contributed by atoms with Crippen molar-refractivity contribution in [1.29, 1.82) is 0 Å². The van der Waals surface area contributed by atoms with Gasteiger partial charge in [0.05, 0.1) is 32.8 Å². The van der Waals surface area contributed by atoms with Crippen LogP contribution in [-0.2, 0) is 0 Å². The van der Waals surface area contributed by atoms with E-state index in [0.29, 0.717) is 11.8 Å². The Bertz CT molecular complexity index is 428. The van der Waals surface area contributed by atoms with E-state index in [0.717, 1.165) is 12.3 Å². The zero-order chi connectivity index (χ0) is 27.8. The largest absolute Gasteiger partial charge is 1.00 e. The lowest BCUT2D eigenvalue weighted by atomic mass is 9.75. The molecular formula is C35H74ClNO. The molecule has 0 aliphatic heterocycles. The summed E-state index contributed by atoms with van der Waals surface area (Å²) in [6.45, 7) is 17.9. The molecule has 1 aliphatic rings. The number of quaternary nitrogens is 1. The van der Waals surface area contributed by atoms with Crippen LogP contribution in [0.4, 0.5) is 0 Å². The Kier molecular flexibility index (Phi) is 29.1. The number of halogens is 1. The highest BCUT2D eigenvalue weighted by atomic mass is 35.5. The molecule has 0 spiro atoms. The normalized spacial score (nSPS) is 19.7. The van der Waals surface area contributed by atoms with Gasteiger partial charge in [-0.25, -0.2) is 0 Å². The molecule has 1 saturated carbocycles. The fourth-order valence-corrected chi connectivity index (χ4v) is 6.31. The van der Waals surface area contributed by atoms with Crippen molar-refractivity contribution in [1.82, 2.24) is 0 Å². The van der Waals surface area contributed by atoms with Crippen LogP contribution in [0.3, 0.4) is 0 Å². The molecule has 0 bridgehead atoms. The van der Waals surface area contributed by atoms with Gasteiger partial charge in [0.2, 0.25) is 0 Å². The summed E-state index contributed by atoms with van der Waals surface area (Å²) < 4.78 is 1.36. The van der Waals surface area contributed by atoms with E-state index in [-0.39, 0.29) is 18.5 Å². The third-order valence-corrected chi connectivity index (χ3v) is 9.14. The van der Waals surface area contributed by atoms with Crippen LogP contribution in [-0.4, -0.2) is 42.4 Å². The van der Waals surface area contributed by atoms with Crippen LogP contribution in [0, 0.1) is 17.8 Å². The quantitative estimate of drug-likeness (QED) is 0.105. The highest BCUT2D eigenvalue weighted by Crippen LogP contribution is 2.33. The molecular weight excluding hydrogens is 486 g/mol. The van der Waals surface area contributed by atoms with Gasteiger partial charge in [0.1, 0.15) is 0 Å². The monoisotopic (exact) mass is 560 g/mol. The number of nitrogens with zero attached hydrogens (tertiary/aromatic N) is 1. The van der Waals surface area contributed by atoms with Crippen molar-refractivity contribution in [2.45, 2.75) is 182 Å². The number of unbranched alkanes of at least 4 members (excludes halogenated alkanes) is 15. The zero-order valence-corrected chi connectivity index (χ0v) is 28.3. The minimum Gasteiger partial charge on any atom is -1.00 e. The first-order valence-corrected chi connectivity index (χ1v) is 17.3. The Morgan fingerprint density at radius 3 is 1.26 bits per heavy atom. The summed E-state index contributed by atoms with van der Waals surface area (Å²) in [6, 6.07) is 0. The smallest absolute Gasteiger partial charge is 0.0784 e. The van der Waals surface area contributed by atoms with Gasteiger partial charge < -0.3 is 22.0 Å². The van der Waals surface area contributed by atoms with Gasteiger partial charge in [-0.05, 0) is 69.1 Å². The first-order chi connectivity index (χ1) is 17.8. The lowest BCUT2D eigenvalue weighted by Crippen LogP contribution is -3.00. The predicted octanol–water partition coefficient (Wildman–Crippen LogP) is 7.96. The first-order valence-electron chi connectivity index (χ1n) is 17.3. The molecule has 0 aromatic rings. The molecule has 3 heteroatoms. The van der Waals surface area contributed by atoms with E-state index in [1.54, 1.807) is 0 Å². The lowest BCUT2D eigenvalue weighted by molar-refractivity contribution is -0.910. The summed E-state index contributed by atoms with van der Waals surface area (Å²) in [5.41, 5.74) is 0. The molecule has 1 aliphatic carbocycles. The van der Waals surface area contributed by atoms with Gasteiger partial charge in [-0.1, -0.05) is 125 Å². The van der Waals surface area contributed by atoms with E-state index >= 15 is 0 Å². The maximum atomic E-state index is 9.71. The van der Waals surface area contributed by atoms with E-state index in [2.05, 4.69) is 48.6 Å². The Morgan fingerprint density at radius 1 is 0.605 bits per heavy atom. The van der Waals surface area contributed by atoms with Crippen LogP contribution in [0.1, 0.15) is 176 Å². The molecule has 0 amide bonds. The van der Waals surface area contributed by atoms with Gasteiger partial charge in [-0.15, -0.1) is 0 Å². The Morgan fingerprint density at radius 2 is 0.947 bits per heavy atom. The summed E-state index contributed by atoms with van der Waals surface area (Å²) in [7, 11) is 2.56. The summed E-state index contributed by atoms with van der Waals surface area (Å²) in [5.74, 6) is 1.95. The molecule has 0 heterocycles. The summed E-state index contributed by atoms with van der Waals surface area (Å²) in [4.78, 5) is 0. The fraction of sp³-hybridized carbons (Fsp3) is 1.00. The summed E-state index contributed by atoms with van der Waals surface area (Å²) >= 11 is 0. The number of hydrogen-bond acceptors (Lipinski definition) is 1. The van der Waals surface area contributed by atoms with Gasteiger partial charge >= 0.3 is 0 Å². The molecule has 0 radical (unpaired) electrons. The molecule has 1 N–H and O–H groups in total. The van der Waals surface area contributed by atoms with Crippen molar-refractivity contribution in [3.8, 4) is 0 Å². The second kappa shape index (κ2) is 27.4. The predicted molar refractivity (Wildman–Crippen MR) is 168 cm³/mol. The maximum Gasteiger partial charge on any atom is 0.0784 e. The molecule has 1 rings (SSSR count). The first kappa shape index (κ1) is 40.3. The second-order valence-electron chi connectivity index (χ2n) is 13.5. The molecule has 0 aromatic heterocycles. The van der Waals surface area contributed by atoms with Crippen molar-refractivity contribution >= 4 is 0 Å². The van der Waals surface area contributed by atoms with Crippen LogP contribution in [0.5, 0.6) is 0 Å². The number of rotatable bonds is 22. The Hall–Kier alpha value is 0.210. The maximum absolute atomic E-state index is 9.71. The average Bonchev–Trinajstić information content (AvgIpc) is 2.86. The minimum absolute atomic E-state index is 0. The third-order valence-electron chi connectivity index (χ3n) is 9.14. The van der Waals surface area contributed by atoms with Crippen molar-refractivity contribution < 1.29 is 22.0 Å². The highest BCUT2D eigenvalue weighted by Gasteiger charge is 2.28. The van der Waals surface area contributed by atoms with Crippen LogP contribution in [0.25, 0.3) is 0 Å². The Balaban J connectivity index is 0. The molecule has 0 unspecified atom stereocenters. The standard InChI is InChI=1S/C25H54N.C10H20O.ClH/c1-5-8-11-14-17-20-23-26(4,24-21-18-15-12-9-6-2)25-22-19-16-13-10-7-3;1-7(2)9-5-4-8(3)6-10(9)11;/h5-25H2,1-4H3;7-11H,4-6H2,1-3H3;1H/q+1;;/p-1/t;8-,9+,10-;/m.1./s1. The van der Waals surface area contributed by atoms with Crippen molar-refractivity contribution in [2.24, 2.45) is 17.8 Å². The minimum atomic E-state index is -0.0289.